The largest absolute Gasteiger partial charge is 0.469 e. The molecule has 0 aliphatic heterocycles. The number of rotatable bonds is 3. The molecule has 0 radical (unpaired) electrons. The molecule has 3 nitrogen and oxygen atoms in total. The second-order valence-electron chi connectivity index (χ2n) is 1.96. The highest BCUT2D eigenvalue weighted by molar-refractivity contribution is 9.09. The average molecular weight is 237 g/mol. The van der Waals surface area contributed by atoms with E-state index >= 15 is 0 Å². The van der Waals surface area contributed by atoms with E-state index in [0.29, 0.717) is 11.8 Å². The van der Waals surface area contributed by atoms with Gasteiger partial charge in [-0.3, -0.25) is 0 Å². The van der Waals surface area contributed by atoms with Crippen LogP contribution < -0.4 is 4.74 Å². The zero-order valence-corrected chi connectivity index (χ0v) is 8.78. The van der Waals surface area contributed by atoms with Gasteiger partial charge in [-0.05, 0) is 13.8 Å². The summed E-state index contributed by atoms with van der Waals surface area (Å²) < 4.78 is 5.16. The van der Waals surface area contributed by atoms with Crippen molar-refractivity contribution in [2.24, 2.45) is 0 Å². The van der Waals surface area contributed by atoms with Crippen LogP contribution >= 0.6 is 27.3 Å². The topological polar surface area (TPSA) is 35.0 Å². The van der Waals surface area contributed by atoms with Gasteiger partial charge in [-0.1, -0.05) is 27.3 Å². The van der Waals surface area contributed by atoms with Gasteiger partial charge in [-0.2, -0.15) is 0 Å². The summed E-state index contributed by atoms with van der Waals surface area (Å²) in [4.78, 5) is 0.259. The summed E-state index contributed by atoms with van der Waals surface area (Å²) in [5.41, 5.74) is 0. The summed E-state index contributed by atoms with van der Waals surface area (Å²) in [7, 11) is 0. The van der Waals surface area contributed by atoms with Crippen molar-refractivity contribution in [3.05, 3.63) is 5.01 Å². The summed E-state index contributed by atoms with van der Waals surface area (Å²) >= 11 is 4.87. The van der Waals surface area contributed by atoms with Crippen LogP contribution in [0.15, 0.2) is 0 Å². The molecule has 0 aliphatic rings. The maximum Gasteiger partial charge on any atom is 0.294 e. The van der Waals surface area contributed by atoms with Crippen molar-refractivity contribution in [2.45, 2.75) is 18.7 Å². The van der Waals surface area contributed by atoms with E-state index in [2.05, 4.69) is 26.1 Å². The van der Waals surface area contributed by atoms with Crippen molar-refractivity contribution in [1.29, 1.82) is 0 Å². The maximum atomic E-state index is 5.16. The van der Waals surface area contributed by atoms with E-state index in [9.17, 15) is 0 Å². The predicted octanol–water partition coefficient (Wildman–Crippen LogP) is 2.39. The third kappa shape index (κ3) is 2.41. The Bertz CT molecular complexity index is 226. The van der Waals surface area contributed by atoms with Crippen molar-refractivity contribution >= 4 is 27.3 Å². The molecule has 0 aliphatic carbocycles. The van der Waals surface area contributed by atoms with Gasteiger partial charge in [0.1, 0.15) is 5.01 Å². The summed E-state index contributed by atoms with van der Waals surface area (Å²) in [5.74, 6) is 0. The molecule has 0 bridgehead atoms. The SMILES string of the molecule is CCOc1nnc(C(C)Br)s1. The Balaban J connectivity index is 2.66. The number of hydrogen-bond acceptors (Lipinski definition) is 4. The van der Waals surface area contributed by atoms with E-state index in [0.717, 1.165) is 5.01 Å². The van der Waals surface area contributed by atoms with Gasteiger partial charge in [-0.15, -0.1) is 10.2 Å². The van der Waals surface area contributed by atoms with Crippen molar-refractivity contribution in [1.82, 2.24) is 10.2 Å². The molecule has 0 spiro atoms. The van der Waals surface area contributed by atoms with Crippen molar-refractivity contribution < 1.29 is 4.74 Å². The fourth-order valence-corrected chi connectivity index (χ4v) is 1.62. The summed E-state index contributed by atoms with van der Waals surface area (Å²) in [6.07, 6.45) is 0. The molecule has 0 N–H and O–H groups in total. The molecule has 1 unspecified atom stereocenters. The Hall–Kier alpha value is -0.160. The first-order valence-corrected chi connectivity index (χ1v) is 5.07. The highest BCUT2D eigenvalue weighted by atomic mass is 79.9. The Morgan fingerprint density at radius 2 is 2.36 bits per heavy atom. The first-order valence-electron chi connectivity index (χ1n) is 3.34. The minimum atomic E-state index is 0.259. The monoisotopic (exact) mass is 236 g/mol. The molecule has 1 aromatic rings. The van der Waals surface area contributed by atoms with Gasteiger partial charge in [0, 0.05) is 0 Å². The molecule has 1 atom stereocenters. The summed E-state index contributed by atoms with van der Waals surface area (Å²) in [6, 6.07) is 0. The highest BCUT2D eigenvalue weighted by Crippen LogP contribution is 2.28. The molecule has 62 valence electrons. The van der Waals surface area contributed by atoms with Gasteiger partial charge in [0.25, 0.3) is 5.19 Å². The lowest BCUT2D eigenvalue weighted by atomic mass is 10.5. The third-order valence-electron chi connectivity index (χ3n) is 1.03. The average Bonchev–Trinajstić information content (AvgIpc) is 2.37. The number of nitrogens with zero attached hydrogens (tertiary/aromatic N) is 2. The Labute approximate surface area is 77.9 Å². The van der Waals surface area contributed by atoms with Crippen LogP contribution in [0.2, 0.25) is 0 Å². The lowest BCUT2D eigenvalue weighted by molar-refractivity contribution is 0.335. The molecule has 5 heteroatoms. The van der Waals surface area contributed by atoms with Gasteiger partial charge < -0.3 is 4.74 Å². The van der Waals surface area contributed by atoms with Crippen molar-refractivity contribution in [3.8, 4) is 5.19 Å². The molecule has 0 saturated carbocycles. The van der Waals surface area contributed by atoms with E-state index in [-0.39, 0.29) is 4.83 Å². The van der Waals surface area contributed by atoms with E-state index in [1.807, 2.05) is 13.8 Å². The summed E-state index contributed by atoms with van der Waals surface area (Å²) in [5, 5.41) is 9.37. The molecule has 0 fully saturated rings. The second-order valence-corrected chi connectivity index (χ2v) is 4.30. The molecular formula is C6H9BrN2OS. The van der Waals surface area contributed by atoms with Crippen molar-refractivity contribution in [2.75, 3.05) is 6.61 Å². The number of aromatic nitrogens is 2. The van der Waals surface area contributed by atoms with E-state index < -0.39 is 0 Å². The van der Waals surface area contributed by atoms with Gasteiger partial charge >= 0.3 is 0 Å². The van der Waals surface area contributed by atoms with Gasteiger partial charge in [-0.25, -0.2) is 0 Å². The number of ether oxygens (including phenoxy) is 1. The first-order chi connectivity index (χ1) is 5.24. The van der Waals surface area contributed by atoms with Crippen LogP contribution in [0.25, 0.3) is 0 Å². The fourth-order valence-electron chi connectivity index (χ4n) is 0.563. The van der Waals surface area contributed by atoms with Crippen LogP contribution in [-0.2, 0) is 0 Å². The van der Waals surface area contributed by atoms with Crippen LogP contribution in [-0.4, -0.2) is 16.8 Å². The zero-order chi connectivity index (χ0) is 8.27. The molecule has 0 amide bonds. The van der Waals surface area contributed by atoms with Crippen molar-refractivity contribution in [3.63, 3.8) is 0 Å². The Kier molecular flexibility index (Phi) is 3.26. The van der Waals surface area contributed by atoms with Crippen LogP contribution in [0.5, 0.6) is 5.19 Å². The van der Waals surface area contributed by atoms with Crippen LogP contribution in [0, 0.1) is 0 Å². The van der Waals surface area contributed by atoms with Crippen LogP contribution in [0.3, 0.4) is 0 Å². The van der Waals surface area contributed by atoms with Crippen LogP contribution in [0.4, 0.5) is 0 Å². The Morgan fingerprint density at radius 1 is 1.64 bits per heavy atom. The number of alkyl halides is 1. The maximum absolute atomic E-state index is 5.16. The lowest BCUT2D eigenvalue weighted by Gasteiger charge is -1.93. The minimum absolute atomic E-state index is 0.259. The molecule has 1 heterocycles. The van der Waals surface area contributed by atoms with Crippen LogP contribution in [0.1, 0.15) is 23.7 Å². The highest BCUT2D eigenvalue weighted by Gasteiger charge is 2.08. The lowest BCUT2D eigenvalue weighted by Crippen LogP contribution is -1.89. The van der Waals surface area contributed by atoms with E-state index in [1.54, 1.807) is 0 Å². The van der Waals surface area contributed by atoms with Gasteiger partial charge in [0.2, 0.25) is 0 Å². The Morgan fingerprint density at radius 3 is 2.82 bits per heavy atom. The molecular weight excluding hydrogens is 228 g/mol. The first kappa shape index (κ1) is 8.93. The smallest absolute Gasteiger partial charge is 0.294 e. The minimum Gasteiger partial charge on any atom is -0.469 e. The number of halogens is 1. The quantitative estimate of drug-likeness (QED) is 0.757. The molecule has 1 aromatic heterocycles. The summed E-state index contributed by atoms with van der Waals surface area (Å²) in [6.45, 7) is 4.58. The zero-order valence-electron chi connectivity index (χ0n) is 6.37. The third-order valence-corrected chi connectivity index (χ3v) is 2.79. The standard InChI is InChI=1S/C6H9BrN2OS/c1-3-10-6-9-8-5(11-6)4(2)7/h4H,3H2,1-2H3. The number of hydrogen-bond donors (Lipinski definition) is 0. The van der Waals surface area contributed by atoms with Gasteiger partial charge in [0.15, 0.2) is 0 Å². The van der Waals surface area contributed by atoms with E-state index in [1.165, 1.54) is 11.3 Å². The molecule has 0 aromatic carbocycles. The predicted molar refractivity (Wildman–Crippen MR) is 48.4 cm³/mol. The second kappa shape index (κ2) is 4.01. The normalized spacial score (nSPS) is 13.0. The van der Waals surface area contributed by atoms with E-state index in [4.69, 9.17) is 4.74 Å². The fraction of sp³-hybridized carbons (Fsp3) is 0.667. The molecule has 0 saturated heterocycles. The molecule has 1 rings (SSSR count). The van der Waals surface area contributed by atoms with Gasteiger partial charge in [0.05, 0.1) is 11.4 Å². The molecule has 11 heavy (non-hydrogen) atoms.